The number of halogens is 6. The Morgan fingerprint density at radius 3 is 2.39 bits per heavy atom. The van der Waals surface area contributed by atoms with Gasteiger partial charge in [-0.2, -0.15) is 17.6 Å². The standard InChI is InChI=1S/C23H18ClF5O3S/c1-2-31-19(30)10-6-14-5-9-18(21(26)20(14)25)32-11-16-17(12-33-22(16)23(27,28)29)13-3-7-15(24)8-4-13/h3-5,7-9,12H,2,6,10-11H2,1H3. The van der Waals surface area contributed by atoms with Crippen LogP contribution in [0.15, 0.2) is 41.8 Å². The van der Waals surface area contributed by atoms with E-state index in [0.29, 0.717) is 21.9 Å². The van der Waals surface area contributed by atoms with Gasteiger partial charge in [0.1, 0.15) is 11.5 Å². The summed E-state index contributed by atoms with van der Waals surface area (Å²) in [5.41, 5.74) is 0.476. The first kappa shape index (κ1) is 25.0. The molecule has 0 atom stereocenters. The number of benzene rings is 2. The molecule has 3 rings (SSSR count). The molecule has 33 heavy (non-hydrogen) atoms. The first-order valence-electron chi connectivity index (χ1n) is 9.80. The smallest absolute Gasteiger partial charge is 0.426 e. The van der Waals surface area contributed by atoms with Gasteiger partial charge in [-0.3, -0.25) is 4.79 Å². The molecular formula is C23H18ClF5O3S. The topological polar surface area (TPSA) is 35.5 Å². The fraction of sp³-hybridized carbons (Fsp3) is 0.261. The number of ether oxygens (including phenoxy) is 2. The Kier molecular flexibility index (Phi) is 7.97. The highest BCUT2D eigenvalue weighted by atomic mass is 35.5. The molecular weight excluding hydrogens is 487 g/mol. The Bertz CT molecular complexity index is 1130. The number of alkyl halides is 3. The van der Waals surface area contributed by atoms with Gasteiger partial charge in [-0.1, -0.05) is 29.8 Å². The Hall–Kier alpha value is -2.65. The molecule has 0 spiro atoms. The van der Waals surface area contributed by atoms with Crippen LogP contribution in [0.2, 0.25) is 5.02 Å². The number of hydrogen-bond acceptors (Lipinski definition) is 4. The van der Waals surface area contributed by atoms with Gasteiger partial charge in [0.15, 0.2) is 11.6 Å². The van der Waals surface area contributed by atoms with Crippen LogP contribution in [0, 0.1) is 11.6 Å². The van der Waals surface area contributed by atoms with Crippen molar-refractivity contribution in [2.75, 3.05) is 6.61 Å². The number of carbonyl (C=O) groups is 1. The summed E-state index contributed by atoms with van der Waals surface area (Å²) in [6.45, 7) is 1.16. The van der Waals surface area contributed by atoms with E-state index >= 15 is 0 Å². The maximum Gasteiger partial charge on any atom is 0.426 e. The highest BCUT2D eigenvalue weighted by Gasteiger charge is 2.37. The Balaban J connectivity index is 1.84. The second-order valence-electron chi connectivity index (χ2n) is 6.91. The average molecular weight is 505 g/mol. The molecule has 0 bridgehead atoms. The maximum atomic E-state index is 14.5. The van der Waals surface area contributed by atoms with Crippen LogP contribution in [0.4, 0.5) is 22.0 Å². The summed E-state index contributed by atoms with van der Waals surface area (Å²) in [6.07, 6.45) is -4.88. The van der Waals surface area contributed by atoms with Crippen molar-refractivity contribution >= 4 is 28.9 Å². The predicted molar refractivity (Wildman–Crippen MR) is 115 cm³/mol. The van der Waals surface area contributed by atoms with Crippen LogP contribution in [0.5, 0.6) is 5.75 Å². The molecule has 2 aromatic carbocycles. The zero-order valence-electron chi connectivity index (χ0n) is 17.3. The summed E-state index contributed by atoms with van der Waals surface area (Å²) in [7, 11) is 0. The van der Waals surface area contributed by atoms with E-state index in [2.05, 4.69) is 0 Å². The van der Waals surface area contributed by atoms with E-state index in [1.807, 2.05) is 0 Å². The molecule has 0 aliphatic carbocycles. The van der Waals surface area contributed by atoms with Gasteiger partial charge in [0.25, 0.3) is 0 Å². The van der Waals surface area contributed by atoms with Gasteiger partial charge in [-0.25, -0.2) is 4.39 Å². The van der Waals surface area contributed by atoms with Gasteiger partial charge in [0.05, 0.1) is 6.61 Å². The van der Waals surface area contributed by atoms with Gasteiger partial charge in [0.2, 0.25) is 5.82 Å². The average Bonchev–Trinajstić information content (AvgIpc) is 3.19. The number of carbonyl (C=O) groups excluding carboxylic acids is 1. The molecule has 0 radical (unpaired) electrons. The largest absolute Gasteiger partial charge is 0.486 e. The lowest BCUT2D eigenvalue weighted by molar-refractivity contribution is -0.143. The first-order valence-corrected chi connectivity index (χ1v) is 11.1. The van der Waals surface area contributed by atoms with Crippen molar-refractivity contribution < 1.29 is 36.2 Å². The van der Waals surface area contributed by atoms with Gasteiger partial charge >= 0.3 is 12.1 Å². The lowest BCUT2D eigenvalue weighted by atomic mass is 10.0. The van der Waals surface area contributed by atoms with Crippen molar-refractivity contribution in [1.29, 1.82) is 0 Å². The molecule has 0 saturated carbocycles. The highest BCUT2D eigenvalue weighted by Crippen LogP contribution is 2.42. The van der Waals surface area contributed by atoms with Crippen molar-refractivity contribution in [3.63, 3.8) is 0 Å². The van der Waals surface area contributed by atoms with Gasteiger partial charge < -0.3 is 9.47 Å². The SMILES string of the molecule is CCOC(=O)CCc1ccc(OCc2c(-c3ccc(Cl)cc3)csc2C(F)(F)F)c(F)c1F. The van der Waals surface area contributed by atoms with Crippen molar-refractivity contribution in [2.24, 2.45) is 0 Å². The molecule has 3 aromatic rings. The zero-order chi connectivity index (χ0) is 24.2. The van der Waals surface area contributed by atoms with E-state index in [1.54, 1.807) is 19.1 Å². The fourth-order valence-corrected chi connectivity index (χ4v) is 4.22. The fourth-order valence-electron chi connectivity index (χ4n) is 3.13. The quantitative estimate of drug-likeness (QED) is 0.236. The molecule has 10 heteroatoms. The second-order valence-corrected chi connectivity index (χ2v) is 8.22. The molecule has 0 unspecified atom stereocenters. The minimum atomic E-state index is -4.64. The van der Waals surface area contributed by atoms with E-state index in [9.17, 15) is 26.7 Å². The third-order valence-electron chi connectivity index (χ3n) is 4.71. The molecule has 1 heterocycles. The van der Waals surface area contributed by atoms with Gasteiger partial charge in [-0.15, -0.1) is 11.3 Å². The predicted octanol–water partition coefficient (Wildman–Crippen LogP) is 7.44. The molecule has 0 fully saturated rings. The molecule has 0 amide bonds. The van der Waals surface area contributed by atoms with Crippen LogP contribution < -0.4 is 4.74 Å². The van der Waals surface area contributed by atoms with E-state index in [-0.39, 0.29) is 36.1 Å². The summed E-state index contributed by atoms with van der Waals surface area (Å²) in [6, 6.07) is 8.55. The zero-order valence-corrected chi connectivity index (χ0v) is 18.8. The summed E-state index contributed by atoms with van der Waals surface area (Å²) < 4.78 is 79.6. The van der Waals surface area contributed by atoms with Crippen molar-refractivity contribution in [1.82, 2.24) is 0 Å². The molecule has 3 nitrogen and oxygen atoms in total. The Morgan fingerprint density at radius 1 is 1.06 bits per heavy atom. The summed E-state index contributed by atoms with van der Waals surface area (Å²) in [5.74, 6) is -3.65. The monoisotopic (exact) mass is 504 g/mol. The minimum Gasteiger partial charge on any atom is -0.486 e. The summed E-state index contributed by atoms with van der Waals surface area (Å²) >= 11 is 6.34. The summed E-state index contributed by atoms with van der Waals surface area (Å²) in [4.78, 5) is 10.5. The van der Waals surface area contributed by atoms with Crippen LogP contribution in [0.3, 0.4) is 0 Å². The summed E-state index contributed by atoms with van der Waals surface area (Å²) in [5, 5.41) is 1.75. The molecule has 176 valence electrons. The van der Waals surface area contributed by atoms with Crippen LogP contribution in [0.25, 0.3) is 11.1 Å². The molecule has 0 N–H and O–H groups in total. The van der Waals surface area contributed by atoms with E-state index in [4.69, 9.17) is 21.1 Å². The Morgan fingerprint density at radius 2 is 1.76 bits per heavy atom. The number of thiophene rings is 1. The second kappa shape index (κ2) is 10.5. The van der Waals surface area contributed by atoms with Crippen LogP contribution >= 0.6 is 22.9 Å². The molecule has 0 aliphatic rings. The van der Waals surface area contributed by atoms with E-state index in [0.717, 1.165) is 6.07 Å². The van der Waals surface area contributed by atoms with E-state index < -0.39 is 41.0 Å². The van der Waals surface area contributed by atoms with E-state index in [1.165, 1.54) is 23.6 Å². The van der Waals surface area contributed by atoms with Crippen LogP contribution in [-0.4, -0.2) is 12.6 Å². The van der Waals surface area contributed by atoms with Crippen LogP contribution in [-0.2, 0) is 28.7 Å². The van der Waals surface area contributed by atoms with Crippen LogP contribution in [0.1, 0.15) is 29.3 Å². The van der Waals surface area contributed by atoms with Crippen molar-refractivity contribution in [3.05, 3.63) is 74.4 Å². The third kappa shape index (κ3) is 6.03. The number of rotatable bonds is 8. The van der Waals surface area contributed by atoms with Crippen molar-refractivity contribution in [3.8, 4) is 16.9 Å². The number of hydrogen-bond donors (Lipinski definition) is 0. The third-order valence-corrected chi connectivity index (χ3v) is 6.03. The lowest BCUT2D eigenvalue weighted by Crippen LogP contribution is -2.10. The van der Waals surface area contributed by atoms with Gasteiger partial charge in [-0.05, 0) is 53.6 Å². The lowest BCUT2D eigenvalue weighted by Gasteiger charge is -2.14. The number of esters is 1. The molecule has 0 aliphatic heterocycles. The highest BCUT2D eigenvalue weighted by molar-refractivity contribution is 7.10. The van der Waals surface area contributed by atoms with Gasteiger partial charge in [0, 0.05) is 17.0 Å². The Labute approximate surface area is 195 Å². The molecule has 0 saturated heterocycles. The molecule has 1 aromatic heterocycles. The number of aryl methyl sites for hydroxylation is 1. The van der Waals surface area contributed by atoms with Crippen molar-refractivity contribution in [2.45, 2.75) is 32.5 Å². The first-order chi connectivity index (χ1) is 15.6. The maximum absolute atomic E-state index is 14.5. The minimum absolute atomic E-state index is 0.0683. The normalized spacial score (nSPS) is 11.5.